The van der Waals surface area contributed by atoms with Crippen LogP contribution in [0.4, 0.5) is 11.4 Å². The van der Waals surface area contributed by atoms with E-state index < -0.39 is 0 Å². The Morgan fingerprint density at radius 2 is 2.25 bits per heavy atom. The standard InChI is InChI=1S/C11H10BrClN2S/c12-7-4-8(16-6-7)5-15-11-9(13)2-1-3-10(11)14/h1-4,6,15H,5,14H2. The molecule has 1 aromatic carbocycles. The molecule has 2 aromatic rings. The van der Waals surface area contributed by atoms with Crippen LogP contribution in [-0.2, 0) is 6.54 Å². The van der Waals surface area contributed by atoms with E-state index in [1.807, 2.05) is 23.6 Å². The number of halogens is 2. The topological polar surface area (TPSA) is 38.0 Å². The van der Waals surface area contributed by atoms with Crippen molar-refractivity contribution in [3.8, 4) is 0 Å². The summed E-state index contributed by atoms with van der Waals surface area (Å²) in [6, 6.07) is 7.57. The number of hydrogen-bond acceptors (Lipinski definition) is 3. The lowest BCUT2D eigenvalue weighted by Crippen LogP contribution is -2.01. The predicted octanol–water partition coefficient (Wildman–Crippen LogP) is 4.36. The summed E-state index contributed by atoms with van der Waals surface area (Å²) in [7, 11) is 0. The first-order valence-electron chi connectivity index (χ1n) is 4.67. The molecule has 0 atom stereocenters. The summed E-state index contributed by atoms with van der Waals surface area (Å²) in [6.07, 6.45) is 0. The molecular formula is C11H10BrClN2S. The zero-order chi connectivity index (χ0) is 11.5. The fraction of sp³-hybridized carbons (Fsp3) is 0.0909. The minimum Gasteiger partial charge on any atom is -0.397 e. The van der Waals surface area contributed by atoms with Crippen molar-refractivity contribution in [2.24, 2.45) is 0 Å². The molecule has 2 rings (SSSR count). The maximum absolute atomic E-state index is 6.05. The highest BCUT2D eigenvalue weighted by molar-refractivity contribution is 9.10. The Hall–Kier alpha value is -0.710. The van der Waals surface area contributed by atoms with Crippen LogP contribution < -0.4 is 11.1 Å². The van der Waals surface area contributed by atoms with Gasteiger partial charge in [-0.05, 0) is 34.1 Å². The lowest BCUT2D eigenvalue weighted by atomic mass is 10.2. The predicted molar refractivity (Wildman–Crippen MR) is 75.2 cm³/mol. The Labute approximate surface area is 112 Å². The summed E-state index contributed by atoms with van der Waals surface area (Å²) in [5.74, 6) is 0. The average molecular weight is 318 g/mol. The number of para-hydroxylation sites is 1. The molecule has 5 heteroatoms. The van der Waals surface area contributed by atoms with Gasteiger partial charge in [0.05, 0.1) is 16.4 Å². The summed E-state index contributed by atoms with van der Waals surface area (Å²) >= 11 is 11.2. The number of thiophene rings is 1. The molecule has 2 nitrogen and oxygen atoms in total. The number of benzene rings is 1. The summed E-state index contributed by atoms with van der Waals surface area (Å²) in [5.41, 5.74) is 7.31. The first kappa shape index (κ1) is 11.8. The van der Waals surface area contributed by atoms with E-state index in [0.29, 0.717) is 10.7 Å². The van der Waals surface area contributed by atoms with Crippen LogP contribution in [0.1, 0.15) is 4.88 Å². The molecule has 1 heterocycles. The van der Waals surface area contributed by atoms with Crippen LogP contribution in [0.5, 0.6) is 0 Å². The molecule has 0 saturated heterocycles. The third kappa shape index (κ3) is 2.70. The van der Waals surface area contributed by atoms with E-state index in [9.17, 15) is 0 Å². The van der Waals surface area contributed by atoms with E-state index in [4.69, 9.17) is 17.3 Å². The Balaban J connectivity index is 2.10. The van der Waals surface area contributed by atoms with E-state index in [0.717, 1.165) is 16.7 Å². The van der Waals surface area contributed by atoms with Crippen LogP contribution in [-0.4, -0.2) is 0 Å². The van der Waals surface area contributed by atoms with Gasteiger partial charge in [0.25, 0.3) is 0 Å². The Morgan fingerprint density at radius 3 is 2.88 bits per heavy atom. The molecule has 0 aliphatic heterocycles. The Kier molecular flexibility index (Phi) is 3.74. The fourth-order valence-corrected chi connectivity index (χ4v) is 2.99. The molecule has 0 unspecified atom stereocenters. The van der Waals surface area contributed by atoms with E-state index in [1.54, 1.807) is 11.3 Å². The molecule has 0 radical (unpaired) electrons. The maximum atomic E-state index is 6.05. The minimum absolute atomic E-state index is 0.649. The fourth-order valence-electron chi connectivity index (χ4n) is 1.35. The number of anilines is 2. The first-order chi connectivity index (χ1) is 7.66. The number of hydrogen-bond donors (Lipinski definition) is 2. The van der Waals surface area contributed by atoms with Crippen LogP contribution in [0.2, 0.25) is 5.02 Å². The molecule has 16 heavy (non-hydrogen) atoms. The second kappa shape index (κ2) is 5.08. The Morgan fingerprint density at radius 1 is 1.44 bits per heavy atom. The van der Waals surface area contributed by atoms with E-state index >= 15 is 0 Å². The van der Waals surface area contributed by atoms with Crippen LogP contribution in [0.25, 0.3) is 0 Å². The molecule has 0 aliphatic carbocycles. The molecule has 0 aliphatic rings. The van der Waals surface area contributed by atoms with Gasteiger partial charge in [-0.3, -0.25) is 0 Å². The van der Waals surface area contributed by atoms with E-state index in [-0.39, 0.29) is 0 Å². The summed E-state index contributed by atoms with van der Waals surface area (Å²) in [6.45, 7) is 0.726. The molecule has 0 saturated carbocycles. The average Bonchev–Trinajstić information content (AvgIpc) is 2.63. The van der Waals surface area contributed by atoms with Gasteiger partial charge in [0.2, 0.25) is 0 Å². The number of nitrogens with one attached hydrogen (secondary N) is 1. The minimum atomic E-state index is 0.649. The molecule has 84 valence electrons. The SMILES string of the molecule is Nc1cccc(Cl)c1NCc1cc(Br)cs1. The van der Waals surface area contributed by atoms with Gasteiger partial charge in [0.15, 0.2) is 0 Å². The highest BCUT2D eigenvalue weighted by Gasteiger charge is 2.04. The highest BCUT2D eigenvalue weighted by atomic mass is 79.9. The van der Waals surface area contributed by atoms with Crippen molar-refractivity contribution in [1.82, 2.24) is 0 Å². The highest BCUT2D eigenvalue weighted by Crippen LogP contribution is 2.29. The van der Waals surface area contributed by atoms with Crippen molar-refractivity contribution in [2.45, 2.75) is 6.54 Å². The van der Waals surface area contributed by atoms with Gasteiger partial charge < -0.3 is 11.1 Å². The van der Waals surface area contributed by atoms with E-state index in [1.165, 1.54) is 4.88 Å². The molecule has 3 N–H and O–H groups in total. The molecule has 0 fully saturated rings. The number of rotatable bonds is 3. The van der Waals surface area contributed by atoms with Gasteiger partial charge in [0.1, 0.15) is 0 Å². The molecule has 0 spiro atoms. The number of nitrogen functional groups attached to an aromatic ring is 1. The molecule has 0 amide bonds. The second-order valence-electron chi connectivity index (χ2n) is 3.29. The second-order valence-corrected chi connectivity index (χ2v) is 5.61. The maximum Gasteiger partial charge on any atom is 0.0766 e. The van der Waals surface area contributed by atoms with Crippen molar-refractivity contribution in [3.63, 3.8) is 0 Å². The third-order valence-electron chi connectivity index (χ3n) is 2.11. The van der Waals surface area contributed by atoms with Gasteiger partial charge >= 0.3 is 0 Å². The van der Waals surface area contributed by atoms with Gasteiger partial charge in [-0.2, -0.15) is 0 Å². The van der Waals surface area contributed by atoms with Crippen LogP contribution in [0.15, 0.2) is 34.1 Å². The Bertz CT molecular complexity index is 478. The monoisotopic (exact) mass is 316 g/mol. The van der Waals surface area contributed by atoms with Gasteiger partial charge in [-0.25, -0.2) is 0 Å². The van der Waals surface area contributed by atoms with Crippen molar-refractivity contribution < 1.29 is 0 Å². The molecule has 1 aromatic heterocycles. The zero-order valence-corrected chi connectivity index (χ0v) is 11.5. The van der Waals surface area contributed by atoms with Crippen LogP contribution >= 0.6 is 38.9 Å². The number of nitrogens with two attached hydrogens (primary N) is 1. The quantitative estimate of drug-likeness (QED) is 0.826. The largest absolute Gasteiger partial charge is 0.397 e. The van der Waals surface area contributed by atoms with Crippen molar-refractivity contribution in [3.05, 3.63) is 44.0 Å². The normalized spacial score (nSPS) is 10.4. The van der Waals surface area contributed by atoms with Crippen LogP contribution in [0, 0.1) is 0 Å². The third-order valence-corrected chi connectivity index (χ3v) is 4.12. The summed E-state index contributed by atoms with van der Waals surface area (Å²) in [5, 5.41) is 5.94. The summed E-state index contributed by atoms with van der Waals surface area (Å²) in [4.78, 5) is 1.23. The van der Waals surface area contributed by atoms with Crippen molar-refractivity contribution in [2.75, 3.05) is 11.1 Å². The first-order valence-corrected chi connectivity index (χ1v) is 6.72. The van der Waals surface area contributed by atoms with Crippen LogP contribution in [0.3, 0.4) is 0 Å². The molecule has 0 bridgehead atoms. The van der Waals surface area contributed by atoms with Crippen molar-refractivity contribution in [1.29, 1.82) is 0 Å². The lowest BCUT2D eigenvalue weighted by Gasteiger charge is -2.09. The summed E-state index contributed by atoms with van der Waals surface area (Å²) < 4.78 is 1.10. The van der Waals surface area contributed by atoms with E-state index in [2.05, 4.69) is 27.3 Å². The van der Waals surface area contributed by atoms with Gasteiger partial charge in [0, 0.05) is 21.3 Å². The zero-order valence-electron chi connectivity index (χ0n) is 8.34. The van der Waals surface area contributed by atoms with Crippen molar-refractivity contribution >= 4 is 50.2 Å². The molecular weight excluding hydrogens is 308 g/mol. The lowest BCUT2D eigenvalue weighted by molar-refractivity contribution is 1.19. The van der Waals surface area contributed by atoms with Gasteiger partial charge in [-0.15, -0.1) is 11.3 Å². The smallest absolute Gasteiger partial charge is 0.0766 e. The van der Waals surface area contributed by atoms with Gasteiger partial charge in [-0.1, -0.05) is 17.7 Å².